The first-order valence-electron chi connectivity index (χ1n) is 11.5. The molecule has 2 amide bonds. The van der Waals surface area contributed by atoms with Crippen molar-refractivity contribution in [3.8, 4) is 0 Å². The van der Waals surface area contributed by atoms with Gasteiger partial charge in [-0.3, -0.25) is 0 Å². The minimum atomic E-state index is -1.07. The van der Waals surface area contributed by atoms with Crippen molar-refractivity contribution in [2.45, 2.75) is 79.1 Å². The number of esters is 1. The lowest BCUT2D eigenvalue weighted by Gasteiger charge is -2.30. The molecule has 1 aromatic heterocycles. The van der Waals surface area contributed by atoms with Crippen LogP contribution in [0, 0.1) is 5.82 Å². The molecular weight excluding hydrogens is 615 g/mol. The summed E-state index contributed by atoms with van der Waals surface area (Å²) in [5.41, 5.74) is -1.25. The Hall–Kier alpha value is -2.53. The second kappa shape index (κ2) is 11.9. The maximum Gasteiger partial charge on any atom is 0.424 e. The zero-order chi connectivity index (χ0) is 28.3. The standard InChI is InChI=1S/C26H31Br2FN2O6/c1-14(2)35-22(32)19-20(31(23(33)36-25(3,4)5)24(34)37-26(6,7)8)18(27)17(21(28)30-19)13-15-9-11-16(29)12-10-15/h9-12,14H,13H2,1-8H3. The van der Waals surface area contributed by atoms with Crippen molar-refractivity contribution in [3.05, 3.63) is 56.0 Å². The molecule has 37 heavy (non-hydrogen) atoms. The van der Waals surface area contributed by atoms with E-state index in [0.29, 0.717) is 16.0 Å². The number of nitrogens with zero attached hydrogens (tertiary/aromatic N) is 2. The highest BCUT2D eigenvalue weighted by atomic mass is 79.9. The van der Waals surface area contributed by atoms with Gasteiger partial charge in [0.1, 0.15) is 27.3 Å². The summed E-state index contributed by atoms with van der Waals surface area (Å²) in [5, 5.41) is 0. The summed E-state index contributed by atoms with van der Waals surface area (Å²) in [4.78, 5) is 44.9. The molecule has 0 saturated heterocycles. The van der Waals surface area contributed by atoms with E-state index < -0.39 is 41.3 Å². The van der Waals surface area contributed by atoms with Gasteiger partial charge in [0.15, 0.2) is 5.69 Å². The van der Waals surface area contributed by atoms with Gasteiger partial charge in [0.2, 0.25) is 0 Å². The van der Waals surface area contributed by atoms with E-state index in [1.807, 2.05) is 0 Å². The third kappa shape index (κ3) is 8.77. The van der Waals surface area contributed by atoms with Crippen molar-refractivity contribution < 1.29 is 33.0 Å². The number of hydrogen-bond acceptors (Lipinski definition) is 7. The first-order chi connectivity index (χ1) is 16.9. The monoisotopic (exact) mass is 644 g/mol. The van der Waals surface area contributed by atoms with Crippen LogP contribution in [0.4, 0.5) is 19.7 Å². The van der Waals surface area contributed by atoms with Gasteiger partial charge in [0, 0.05) is 12.0 Å². The van der Waals surface area contributed by atoms with Crippen LogP contribution in [0.15, 0.2) is 33.3 Å². The van der Waals surface area contributed by atoms with E-state index in [1.54, 1.807) is 67.5 Å². The summed E-state index contributed by atoms with van der Waals surface area (Å²) in [6.07, 6.45) is -2.43. The summed E-state index contributed by atoms with van der Waals surface area (Å²) in [6.45, 7) is 13.2. The number of amides is 2. The fourth-order valence-corrected chi connectivity index (χ4v) is 4.48. The van der Waals surface area contributed by atoms with Gasteiger partial charge in [-0.25, -0.2) is 23.8 Å². The Bertz CT molecular complexity index is 1140. The number of carbonyl (C=O) groups is 3. The molecule has 8 nitrogen and oxygen atoms in total. The predicted octanol–water partition coefficient (Wildman–Crippen LogP) is 7.58. The lowest BCUT2D eigenvalue weighted by atomic mass is 10.1. The second-order valence-corrected chi connectivity index (χ2v) is 12.0. The molecule has 0 spiro atoms. The van der Waals surface area contributed by atoms with Gasteiger partial charge in [-0.15, -0.1) is 0 Å². The quantitative estimate of drug-likeness (QED) is 0.188. The molecule has 0 radical (unpaired) electrons. The zero-order valence-electron chi connectivity index (χ0n) is 22.1. The number of imide groups is 1. The molecule has 1 heterocycles. The van der Waals surface area contributed by atoms with E-state index in [1.165, 1.54) is 12.1 Å². The summed E-state index contributed by atoms with van der Waals surface area (Å²) in [6, 6.07) is 5.81. The summed E-state index contributed by atoms with van der Waals surface area (Å²) >= 11 is 6.86. The highest BCUT2D eigenvalue weighted by Gasteiger charge is 2.39. The van der Waals surface area contributed by atoms with E-state index in [-0.39, 0.29) is 26.9 Å². The van der Waals surface area contributed by atoms with Gasteiger partial charge >= 0.3 is 18.2 Å². The molecular formula is C26H31Br2FN2O6. The van der Waals surface area contributed by atoms with Crippen LogP contribution in [0.2, 0.25) is 0 Å². The molecule has 0 fully saturated rings. The molecule has 2 aromatic rings. The highest BCUT2D eigenvalue weighted by molar-refractivity contribution is 9.11. The second-order valence-electron chi connectivity index (χ2n) is 10.4. The molecule has 0 aliphatic carbocycles. The average molecular weight is 646 g/mol. The summed E-state index contributed by atoms with van der Waals surface area (Å²) < 4.78 is 30.3. The number of anilines is 1. The normalized spacial score (nSPS) is 11.8. The smallest absolute Gasteiger partial charge is 0.424 e. The number of pyridine rings is 1. The maximum absolute atomic E-state index is 13.5. The van der Waals surface area contributed by atoms with Crippen LogP contribution in [0.3, 0.4) is 0 Å². The third-order valence-corrected chi connectivity index (χ3v) is 5.87. The number of rotatable bonds is 5. The molecule has 2 rings (SSSR count). The molecule has 0 atom stereocenters. The fourth-order valence-electron chi connectivity index (χ4n) is 3.00. The first kappa shape index (κ1) is 30.7. The van der Waals surface area contributed by atoms with E-state index in [9.17, 15) is 18.8 Å². The van der Waals surface area contributed by atoms with E-state index in [0.717, 1.165) is 0 Å². The fraction of sp³-hybridized carbons (Fsp3) is 0.462. The zero-order valence-corrected chi connectivity index (χ0v) is 25.2. The van der Waals surface area contributed by atoms with E-state index in [2.05, 4.69) is 36.8 Å². The van der Waals surface area contributed by atoms with Crippen LogP contribution in [-0.2, 0) is 20.6 Å². The molecule has 202 valence electrons. The van der Waals surface area contributed by atoms with Gasteiger partial charge in [-0.1, -0.05) is 12.1 Å². The van der Waals surface area contributed by atoms with E-state index in [4.69, 9.17) is 14.2 Å². The van der Waals surface area contributed by atoms with Crippen LogP contribution in [0.1, 0.15) is 77.0 Å². The average Bonchev–Trinajstić information content (AvgIpc) is 2.71. The lowest BCUT2D eigenvalue weighted by Crippen LogP contribution is -2.45. The Morgan fingerprint density at radius 2 is 1.43 bits per heavy atom. The highest BCUT2D eigenvalue weighted by Crippen LogP contribution is 2.39. The van der Waals surface area contributed by atoms with Crippen LogP contribution in [-0.4, -0.2) is 40.4 Å². The van der Waals surface area contributed by atoms with Crippen LogP contribution >= 0.6 is 31.9 Å². The van der Waals surface area contributed by atoms with E-state index >= 15 is 0 Å². The van der Waals surface area contributed by atoms with Crippen LogP contribution in [0.5, 0.6) is 0 Å². The predicted molar refractivity (Wildman–Crippen MR) is 144 cm³/mol. The van der Waals surface area contributed by atoms with Crippen molar-refractivity contribution in [1.29, 1.82) is 0 Å². The molecule has 0 unspecified atom stereocenters. The molecule has 1 aromatic carbocycles. The molecule has 0 saturated carbocycles. The summed E-state index contributed by atoms with van der Waals surface area (Å²) in [7, 11) is 0. The Kier molecular flexibility index (Phi) is 9.87. The van der Waals surface area contributed by atoms with Gasteiger partial charge in [-0.05, 0) is 105 Å². The largest absolute Gasteiger partial charge is 0.458 e. The van der Waals surface area contributed by atoms with Crippen molar-refractivity contribution >= 4 is 55.7 Å². The third-order valence-electron chi connectivity index (χ3n) is 4.36. The maximum atomic E-state index is 13.5. The molecule has 0 aliphatic heterocycles. The Morgan fingerprint density at radius 3 is 1.86 bits per heavy atom. The summed E-state index contributed by atoms with van der Waals surface area (Å²) in [5.74, 6) is -1.26. The molecule has 0 aliphatic rings. The molecule has 0 N–H and O–H groups in total. The lowest BCUT2D eigenvalue weighted by molar-refractivity contribution is 0.0371. The van der Waals surface area contributed by atoms with Crippen molar-refractivity contribution in [2.24, 2.45) is 0 Å². The number of benzene rings is 1. The first-order valence-corrected chi connectivity index (χ1v) is 13.1. The molecule has 0 bridgehead atoms. The minimum absolute atomic E-state index is 0.200. The Balaban J connectivity index is 2.82. The number of hydrogen-bond donors (Lipinski definition) is 0. The van der Waals surface area contributed by atoms with Gasteiger partial charge in [0.25, 0.3) is 0 Å². The number of carbonyl (C=O) groups excluding carboxylic acids is 3. The number of ether oxygens (including phenoxy) is 3. The number of halogens is 3. The van der Waals surface area contributed by atoms with Gasteiger partial charge in [0.05, 0.1) is 10.6 Å². The Morgan fingerprint density at radius 1 is 0.946 bits per heavy atom. The Labute approximate surface area is 233 Å². The molecule has 11 heteroatoms. The number of aromatic nitrogens is 1. The van der Waals surface area contributed by atoms with Crippen molar-refractivity contribution in [2.75, 3.05) is 4.90 Å². The van der Waals surface area contributed by atoms with Crippen LogP contribution in [0.25, 0.3) is 0 Å². The van der Waals surface area contributed by atoms with Gasteiger partial charge < -0.3 is 14.2 Å². The topological polar surface area (TPSA) is 95.0 Å². The van der Waals surface area contributed by atoms with Crippen molar-refractivity contribution in [3.63, 3.8) is 0 Å². The van der Waals surface area contributed by atoms with Crippen LogP contribution < -0.4 is 4.90 Å². The minimum Gasteiger partial charge on any atom is -0.458 e. The van der Waals surface area contributed by atoms with Crippen molar-refractivity contribution in [1.82, 2.24) is 4.98 Å². The van der Waals surface area contributed by atoms with Gasteiger partial charge in [-0.2, -0.15) is 4.90 Å². The SMILES string of the molecule is CC(C)OC(=O)c1nc(Br)c(Cc2ccc(F)cc2)c(Br)c1N(C(=O)OC(C)(C)C)C(=O)OC(C)(C)C.